The predicted molar refractivity (Wildman–Crippen MR) is 86.6 cm³/mol. The van der Waals surface area contributed by atoms with E-state index in [0.29, 0.717) is 32.2 Å². The van der Waals surface area contributed by atoms with Gasteiger partial charge in [-0.25, -0.2) is 0 Å². The monoisotopic (exact) mass is 315 g/mol. The molecule has 1 aliphatic heterocycles. The molecule has 23 heavy (non-hydrogen) atoms. The van der Waals surface area contributed by atoms with Crippen molar-refractivity contribution in [3.8, 4) is 0 Å². The fourth-order valence-corrected chi connectivity index (χ4v) is 3.12. The van der Waals surface area contributed by atoms with E-state index in [-0.39, 0.29) is 12.5 Å². The number of nitrogens with two attached hydrogens (primary N) is 1. The molecule has 1 aromatic carbocycles. The number of hydrogen-bond acceptors (Lipinski definition) is 3. The Morgan fingerprint density at radius 1 is 1.35 bits per heavy atom. The van der Waals surface area contributed by atoms with Gasteiger partial charge in [-0.1, -0.05) is 6.07 Å². The molecule has 0 bridgehead atoms. The molecule has 3 rings (SSSR count). The number of rotatable bonds is 4. The van der Waals surface area contributed by atoms with Gasteiger partial charge in [0.2, 0.25) is 5.91 Å². The fourth-order valence-electron chi connectivity index (χ4n) is 3.12. The largest absolute Gasteiger partial charge is 0.378 e. The topological polar surface area (TPSA) is 99.4 Å². The van der Waals surface area contributed by atoms with Gasteiger partial charge >= 0.3 is 0 Å². The molecule has 0 spiro atoms. The Hall–Kier alpha value is -2.34. The summed E-state index contributed by atoms with van der Waals surface area (Å²) in [6, 6.07) is 8.07. The number of amides is 2. The number of aliphatic hydroxyl groups is 1. The maximum atomic E-state index is 12.4. The van der Waals surface area contributed by atoms with Gasteiger partial charge in [0.25, 0.3) is 5.91 Å². The van der Waals surface area contributed by atoms with Crippen LogP contribution in [0.4, 0.5) is 0 Å². The smallest absolute Gasteiger partial charge is 0.251 e. The highest BCUT2D eigenvalue weighted by Gasteiger charge is 2.39. The molecule has 0 radical (unpaired) electrons. The highest BCUT2D eigenvalue weighted by Crippen LogP contribution is 2.22. The molecule has 6 nitrogen and oxygen atoms in total. The molecule has 1 atom stereocenters. The SMILES string of the molecule is NC(=O)[C@]1(O)CCCN(C(=O)CCc2ccc3[nH]ccc3c2)C1. The van der Waals surface area contributed by atoms with Crippen molar-refractivity contribution in [1.82, 2.24) is 9.88 Å². The molecule has 1 fully saturated rings. The Morgan fingerprint density at radius 2 is 2.17 bits per heavy atom. The second-order valence-corrected chi connectivity index (χ2v) is 6.21. The highest BCUT2D eigenvalue weighted by atomic mass is 16.3. The number of aromatic nitrogens is 1. The third-order valence-electron chi connectivity index (χ3n) is 4.53. The van der Waals surface area contributed by atoms with Crippen LogP contribution in [-0.4, -0.2) is 45.5 Å². The predicted octanol–water partition coefficient (Wildman–Crippen LogP) is 0.939. The number of carbonyl (C=O) groups excluding carboxylic acids is 2. The van der Waals surface area contributed by atoms with Gasteiger partial charge < -0.3 is 20.7 Å². The van der Waals surface area contributed by atoms with Crippen molar-refractivity contribution in [2.75, 3.05) is 13.1 Å². The van der Waals surface area contributed by atoms with Gasteiger partial charge in [-0.3, -0.25) is 9.59 Å². The molecule has 1 aromatic heterocycles. The number of aromatic amines is 1. The van der Waals surface area contributed by atoms with Gasteiger partial charge in [-0.2, -0.15) is 0 Å². The van der Waals surface area contributed by atoms with Crippen LogP contribution in [0.15, 0.2) is 30.5 Å². The zero-order chi connectivity index (χ0) is 16.4. The van der Waals surface area contributed by atoms with Crippen molar-refractivity contribution in [2.24, 2.45) is 5.73 Å². The molecular weight excluding hydrogens is 294 g/mol. The summed E-state index contributed by atoms with van der Waals surface area (Å²) in [5.41, 5.74) is 5.82. The number of H-pyrrole nitrogens is 1. The first kappa shape index (κ1) is 15.6. The van der Waals surface area contributed by atoms with Crippen LogP contribution < -0.4 is 5.73 Å². The van der Waals surface area contributed by atoms with E-state index in [2.05, 4.69) is 11.1 Å². The van der Waals surface area contributed by atoms with Gasteiger partial charge in [0.1, 0.15) is 0 Å². The Balaban J connectivity index is 1.61. The molecule has 4 N–H and O–H groups in total. The normalized spacial score (nSPS) is 21.5. The Kier molecular flexibility index (Phi) is 4.09. The number of nitrogens with zero attached hydrogens (tertiary/aromatic N) is 1. The van der Waals surface area contributed by atoms with Gasteiger partial charge in [0, 0.05) is 24.7 Å². The number of fused-ring (bicyclic) bond motifs is 1. The summed E-state index contributed by atoms with van der Waals surface area (Å²) in [5.74, 6) is -0.813. The van der Waals surface area contributed by atoms with Gasteiger partial charge in [0.05, 0.1) is 6.54 Å². The van der Waals surface area contributed by atoms with Crippen LogP contribution in [0.1, 0.15) is 24.8 Å². The minimum atomic E-state index is -1.59. The van der Waals surface area contributed by atoms with E-state index >= 15 is 0 Å². The second kappa shape index (κ2) is 6.04. The summed E-state index contributed by atoms with van der Waals surface area (Å²) in [7, 11) is 0. The molecule has 2 heterocycles. The van der Waals surface area contributed by atoms with E-state index in [4.69, 9.17) is 5.73 Å². The fraction of sp³-hybridized carbons (Fsp3) is 0.412. The number of primary amides is 1. The van der Waals surface area contributed by atoms with Crippen LogP contribution in [0.3, 0.4) is 0 Å². The highest BCUT2D eigenvalue weighted by molar-refractivity contribution is 5.85. The molecule has 1 saturated heterocycles. The van der Waals surface area contributed by atoms with Gasteiger partial charge in [-0.15, -0.1) is 0 Å². The summed E-state index contributed by atoms with van der Waals surface area (Å²) in [6.07, 6.45) is 3.77. The van der Waals surface area contributed by atoms with Gasteiger partial charge in [-0.05, 0) is 48.4 Å². The number of benzene rings is 1. The average Bonchev–Trinajstić information content (AvgIpc) is 3.00. The van der Waals surface area contributed by atoms with E-state index in [1.807, 2.05) is 24.4 Å². The average molecular weight is 315 g/mol. The molecule has 1 aliphatic rings. The Bertz CT molecular complexity index is 740. The minimum Gasteiger partial charge on any atom is -0.378 e. The lowest BCUT2D eigenvalue weighted by molar-refractivity contribution is -0.148. The van der Waals surface area contributed by atoms with Crippen LogP contribution in [0, 0.1) is 0 Å². The zero-order valence-corrected chi connectivity index (χ0v) is 12.9. The quantitative estimate of drug-likeness (QED) is 0.783. The van der Waals surface area contributed by atoms with Crippen molar-refractivity contribution in [3.05, 3.63) is 36.0 Å². The molecule has 0 unspecified atom stereocenters. The summed E-state index contributed by atoms with van der Waals surface area (Å²) < 4.78 is 0. The van der Waals surface area contributed by atoms with Crippen LogP contribution in [0.2, 0.25) is 0 Å². The number of piperidine rings is 1. The Morgan fingerprint density at radius 3 is 2.96 bits per heavy atom. The van der Waals surface area contributed by atoms with E-state index in [1.54, 1.807) is 4.90 Å². The molecule has 0 saturated carbocycles. The van der Waals surface area contributed by atoms with Gasteiger partial charge in [0.15, 0.2) is 5.60 Å². The van der Waals surface area contributed by atoms with Crippen molar-refractivity contribution >= 4 is 22.7 Å². The summed E-state index contributed by atoms with van der Waals surface area (Å²) >= 11 is 0. The first-order chi connectivity index (χ1) is 11.0. The first-order valence-electron chi connectivity index (χ1n) is 7.84. The summed E-state index contributed by atoms with van der Waals surface area (Å²) in [4.78, 5) is 28.4. The van der Waals surface area contributed by atoms with Crippen LogP contribution in [0.5, 0.6) is 0 Å². The first-order valence-corrected chi connectivity index (χ1v) is 7.84. The van der Waals surface area contributed by atoms with Crippen molar-refractivity contribution in [3.63, 3.8) is 0 Å². The maximum absolute atomic E-state index is 12.4. The number of nitrogens with one attached hydrogen (secondary N) is 1. The van der Waals surface area contributed by atoms with Crippen molar-refractivity contribution in [1.29, 1.82) is 0 Å². The molecular formula is C17H21N3O3. The van der Waals surface area contributed by atoms with Crippen LogP contribution in [0.25, 0.3) is 10.9 Å². The van der Waals surface area contributed by atoms with E-state index in [0.717, 1.165) is 16.5 Å². The molecule has 0 aliphatic carbocycles. The van der Waals surface area contributed by atoms with Crippen LogP contribution in [-0.2, 0) is 16.0 Å². The number of aryl methyl sites for hydroxylation is 1. The molecule has 2 aromatic rings. The third-order valence-corrected chi connectivity index (χ3v) is 4.53. The lowest BCUT2D eigenvalue weighted by atomic mass is 9.92. The molecule has 6 heteroatoms. The molecule has 122 valence electrons. The number of carbonyl (C=O) groups is 2. The maximum Gasteiger partial charge on any atom is 0.251 e. The summed E-state index contributed by atoms with van der Waals surface area (Å²) in [6.45, 7) is 0.559. The van der Waals surface area contributed by atoms with Crippen molar-refractivity contribution < 1.29 is 14.7 Å². The minimum absolute atomic E-state index is 0.00197. The lowest BCUT2D eigenvalue weighted by Crippen LogP contribution is -2.57. The third kappa shape index (κ3) is 3.22. The molecule has 2 amide bonds. The lowest BCUT2D eigenvalue weighted by Gasteiger charge is -2.37. The van der Waals surface area contributed by atoms with E-state index < -0.39 is 11.5 Å². The standard InChI is InChI=1S/C17H21N3O3/c18-16(22)17(23)7-1-9-20(11-17)15(21)5-3-12-2-4-14-13(10-12)6-8-19-14/h2,4,6,8,10,19,23H,1,3,5,7,9,11H2,(H2,18,22)/t17-/m0/s1. The zero-order valence-electron chi connectivity index (χ0n) is 12.9. The number of likely N-dealkylation sites (tertiary alicyclic amines) is 1. The number of hydrogen-bond donors (Lipinski definition) is 3. The van der Waals surface area contributed by atoms with Crippen LogP contribution >= 0.6 is 0 Å². The van der Waals surface area contributed by atoms with E-state index in [9.17, 15) is 14.7 Å². The van der Waals surface area contributed by atoms with Crippen molar-refractivity contribution in [2.45, 2.75) is 31.3 Å². The summed E-state index contributed by atoms with van der Waals surface area (Å²) in [5, 5.41) is 11.3. The Labute approximate surface area is 134 Å². The van der Waals surface area contributed by atoms with E-state index in [1.165, 1.54) is 0 Å². The number of β-amino-alcohol motifs (C(OH)–C–C–N with tert-alkyl or cyclic N) is 1. The second-order valence-electron chi connectivity index (χ2n) is 6.21.